The van der Waals surface area contributed by atoms with Gasteiger partial charge in [0.2, 0.25) is 0 Å². The predicted octanol–water partition coefficient (Wildman–Crippen LogP) is 3.24. The molecule has 2 rings (SSSR count). The van der Waals surface area contributed by atoms with Crippen molar-refractivity contribution in [2.45, 2.75) is 11.2 Å². The van der Waals surface area contributed by atoms with Gasteiger partial charge in [-0.2, -0.15) is 0 Å². The quantitative estimate of drug-likeness (QED) is 0.668. The van der Waals surface area contributed by atoms with Gasteiger partial charge in [0.25, 0.3) is 0 Å². The number of rotatable bonds is 4. The SMILES string of the molecule is O=C(O)CC(Br)C(=O)c1c[nH]c2ccc(Cl)cc12. The van der Waals surface area contributed by atoms with E-state index in [0.717, 1.165) is 5.52 Å². The van der Waals surface area contributed by atoms with Crippen LogP contribution in [0.1, 0.15) is 16.8 Å². The molecule has 2 N–H and O–H groups in total. The number of Topliss-reactive ketones (excluding diaryl/α,β-unsaturated/α-hetero) is 1. The molecule has 4 nitrogen and oxygen atoms in total. The summed E-state index contributed by atoms with van der Waals surface area (Å²) >= 11 is 8.98. The molecular formula is C12H9BrClNO3. The lowest BCUT2D eigenvalue weighted by atomic mass is 10.1. The Kier molecular flexibility index (Phi) is 3.73. The third kappa shape index (κ3) is 2.57. The van der Waals surface area contributed by atoms with Gasteiger partial charge in [0, 0.05) is 27.7 Å². The number of hydrogen-bond acceptors (Lipinski definition) is 2. The minimum absolute atomic E-state index is 0.258. The molecule has 1 heterocycles. The number of carbonyl (C=O) groups excluding carboxylic acids is 1. The Hall–Kier alpha value is -1.33. The molecular weight excluding hydrogens is 321 g/mol. The highest BCUT2D eigenvalue weighted by atomic mass is 79.9. The Morgan fingerprint density at radius 1 is 1.44 bits per heavy atom. The van der Waals surface area contributed by atoms with E-state index in [1.807, 2.05) is 0 Å². The molecule has 1 atom stereocenters. The van der Waals surface area contributed by atoms with Gasteiger partial charge in [-0.25, -0.2) is 0 Å². The van der Waals surface area contributed by atoms with Gasteiger partial charge in [0.15, 0.2) is 5.78 Å². The van der Waals surface area contributed by atoms with Crippen LogP contribution in [0.4, 0.5) is 0 Å². The van der Waals surface area contributed by atoms with E-state index < -0.39 is 10.8 Å². The van der Waals surface area contributed by atoms with Gasteiger partial charge in [0.05, 0.1) is 11.2 Å². The lowest BCUT2D eigenvalue weighted by Gasteiger charge is -2.04. The highest BCUT2D eigenvalue weighted by Crippen LogP contribution is 2.25. The molecule has 0 aliphatic rings. The lowest BCUT2D eigenvalue weighted by Crippen LogP contribution is -2.17. The molecule has 0 aliphatic carbocycles. The zero-order valence-corrected chi connectivity index (χ0v) is 11.5. The lowest BCUT2D eigenvalue weighted by molar-refractivity contribution is -0.136. The monoisotopic (exact) mass is 329 g/mol. The largest absolute Gasteiger partial charge is 0.481 e. The summed E-state index contributed by atoms with van der Waals surface area (Å²) in [7, 11) is 0. The average molecular weight is 331 g/mol. The molecule has 0 amide bonds. The molecule has 0 radical (unpaired) electrons. The molecule has 18 heavy (non-hydrogen) atoms. The van der Waals surface area contributed by atoms with Crippen LogP contribution in [0.2, 0.25) is 5.02 Å². The van der Waals surface area contributed by atoms with Crippen LogP contribution in [-0.2, 0) is 4.79 Å². The molecule has 2 aromatic rings. The van der Waals surface area contributed by atoms with E-state index in [9.17, 15) is 9.59 Å². The summed E-state index contributed by atoms with van der Waals surface area (Å²) < 4.78 is 0. The van der Waals surface area contributed by atoms with Crippen LogP contribution in [-0.4, -0.2) is 26.7 Å². The normalized spacial score (nSPS) is 12.6. The number of fused-ring (bicyclic) bond motifs is 1. The predicted molar refractivity (Wildman–Crippen MR) is 72.6 cm³/mol. The summed E-state index contributed by atoms with van der Waals surface area (Å²) in [5.74, 6) is -1.30. The fourth-order valence-corrected chi connectivity index (χ4v) is 2.41. The van der Waals surface area contributed by atoms with Crippen LogP contribution in [0, 0.1) is 0 Å². The minimum Gasteiger partial charge on any atom is -0.481 e. The first-order valence-electron chi connectivity index (χ1n) is 5.15. The van der Waals surface area contributed by atoms with Crippen molar-refractivity contribution in [2.75, 3.05) is 0 Å². The van der Waals surface area contributed by atoms with E-state index in [0.29, 0.717) is 16.0 Å². The Balaban J connectivity index is 2.38. The first-order chi connectivity index (χ1) is 8.49. The number of ketones is 1. The number of halogens is 2. The molecule has 1 aromatic carbocycles. The first-order valence-corrected chi connectivity index (χ1v) is 6.45. The average Bonchev–Trinajstić information content (AvgIpc) is 2.69. The zero-order valence-electron chi connectivity index (χ0n) is 9.11. The van der Waals surface area contributed by atoms with Crippen LogP contribution in [0.25, 0.3) is 10.9 Å². The van der Waals surface area contributed by atoms with E-state index in [-0.39, 0.29) is 12.2 Å². The number of aromatic amines is 1. The Morgan fingerprint density at radius 3 is 2.83 bits per heavy atom. The maximum absolute atomic E-state index is 12.1. The van der Waals surface area contributed by atoms with Crippen molar-refractivity contribution in [2.24, 2.45) is 0 Å². The van der Waals surface area contributed by atoms with Gasteiger partial charge in [-0.05, 0) is 18.2 Å². The Labute approximate surface area is 116 Å². The van der Waals surface area contributed by atoms with E-state index in [2.05, 4.69) is 20.9 Å². The van der Waals surface area contributed by atoms with Crippen molar-refractivity contribution in [1.82, 2.24) is 4.98 Å². The number of carboxylic acids is 1. The smallest absolute Gasteiger partial charge is 0.304 e. The maximum Gasteiger partial charge on any atom is 0.304 e. The molecule has 0 fully saturated rings. The standard InChI is InChI=1S/C12H9BrClNO3/c13-9(4-11(16)17)12(18)8-5-15-10-2-1-6(14)3-7(8)10/h1-3,5,9,15H,4H2,(H,16,17). The van der Waals surface area contributed by atoms with E-state index in [4.69, 9.17) is 16.7 Å². The van der Waals surface area contributed by atoms with Crippen molar-refractivity contribution in [3.63, 3.8) is 0 Å². The molecule has 0 bridgehead atoms. The van der Waals surface area contributed by atoms with Crippen LogP contribution >= 0.6 is 27.5 Å². The highest BCUT2D eigenvalue weighted by Gasteiger charge is 2.22. The molecule has 94 valence electrons. The third-order valence-corrected chi connectivity index (χ3v) is 3.52. The highest BCUT2D eigenvalue weighted by molar-refractivity contribution is 9.10. The second-order valence-corrected chi connectivity index (χ2v) is 5.36. The summed E-state index contributed by atoms with van der Waals surface area (Å²) in [4.78, 5) is 24.9. The second-order valence-electron chi connectivity index (χ2n) is 3.82. The van der Waals surface area contributed by atoms with Crippen LogP contribution in [0.15, 0.2) is 24.4 Å². The number of carboxylic acid groups (broad SMARTS) is 1. The van der Waals surface area contributed by atoms with Crippen molar-refractivity contribution >= 4 is 50.2 Å². The van der Waals surface area contributed by atoms with Gasteiger partial charge in [-0.3, -0.25) is 9.59 Å². The molecule has 1 aromatic heterocycles. The second kappa shape index (κ2) is 5.12. The number of alkyl halides is 1. The van der Waals surface area contributed by atoms with E-state index in [1.54, 1.807) is 24.4 Å². The topological polar surface area (TPSA) is 70.2 Å². The van der Waals surface area contributed by atoms with Crippen molar-refractivity contribution in [3.8, 4) is 0 Å². The van der Waals surface area contributed by atoms with Crippen LogP contribution in [0.3, 0.4) is 0 Å². The number of benzene rings is 1. The van der Waals surface area contributed by atoms with E-state index >= 15 is 0 Å². The van der Waals surface area contributed by atoms with Crippen LogP contribution < -0.4 is 0 Å². The summed E-state index contributed by atoms with van der Waals surface area (Å²) in [6.45, 7) is 0. The molecule has 6 heteroatoms. The summed E-state index contributed by atoms with van der Waals surface area (Å²) in [6.07, 6.45) is 1.31. The summed E-state index contributed by atoms with van der Waals surface area (Å²) in [5.41, 5.74) is 1.23. The van der Waals surface area contributed by atoms with Crippen molar-refractivity contribution < 1.29 is 14.7 Å². The number of carbonyl (C=O) groups is 2. The minimum atomic E-state index is -1.02. The maximum atomic E-state index is 12.1. The van der Waals surface area contributed by atoms with Crippen molar-refractivity contribution in [3.05, 3.63) is 35.0 Å². The summed E-state index contributed by atoms with van der Waals surface area (Å²) in [5, 5.41) is 9.90. The van der Waals surface area contributed by atoms with E-state index in [1.165, 1.54) is 0 Å². The van der Waals surface area contributed by atoms with Crippen LogP contribution in [0.5, 0.6) is 0 Å². The number of aromatic nitrogens is 1. The number of hydrogen-bond donors (Lipinski definition) is 2. The fraction of sp³-hybridized carbons (Fsp3) is 0.167. The van der Waals surface area contributed by atoms with Gasteiger partial charge in [-0.1, -0.05) is 27.5 Å². The molecule has 0 saturated heterocycles. The van der Waals surface area contributed by atoms with Gasteiger partial charge < -0.3 is 10.1 Å². The molecule has 0 saturated carbocycles. The third-order valence-electron chi connectivity index (χ3n) is 2.55. The van der Waals surface area contributed by atoms with Gasteiger partial charge >= 0.3 is 5.97 Å². The zero-order chi connectivity index (χ0) is 13.3. The Bertz CT molecular complexity index is 623. The number of aliphatic carboxylic acids is 1. The Morgan fingerprint density at radius 2 is 2.17 bits per heavy atom. The summed E-state index contributed by atoms with van der Waals surface area (Å²) in [6, 6.07) is 5.17. The number of H-pyrrole nitrogens is 1. The number of nitrogens with one attached hydrogen (secondary N) is 1. The fourth-order valence-electron chi connectivity index (χ4n) is 1.71. The first kappa shape index (κ1) is 13.1. The molecule has 0 aliphatic heterocycles. The van der Waals surface area contributed by atoms with Crippen molar-refractivity contribution in [1.29, 1.82) is 0 Å². The molecule has 1 unspecified atom stereocenters. The molecule has 0 spiro atoms. The van der Waals surface area contributed by atoms with Gasteiger partial charge in [0.1, 0.15) is 0 Å². The van der Waals surface area contributed by atoms with Gasteiger partial charge in [-0.15, -0.1) is 0 Å².